The largest absolute Gasteiger partial charge is 0.350 e. The fourth-order valence-electron chi connectivity index (χ4n) is 2.35. The van der Waals surface area contributed by atoms with E-state index in [1.807, 2.05) is 24.3 Å². The summed E-state index contributed by atoms with van der Waals surface area (Å²) in [6.07, 6.45) is 3.15. The van der Waals surface area contributed by atoms with Crippen LogP contribution in [-0.2, 0) is 0 Å². The lowest BCUT2D eigenvalue weighted by atomic mass is 10.0. The summed E-state index contributed by atoms with van der Waals surface area (Å²) < 4.78 is 0. The Labute approximate surface area is 110 Å². The van der Waals surface area contributed by atoms with Gasteiger partial charge < -0.3 is 5.73 Å². The number of hydrazone groups is 1. The van der Waals surface area contributed by atoms with Gasteiger partial charge in [-0.05, 0) is 36.5 Å². The van der Waals surface area contributed by atoms with E-state index < -0.39 is 6.03 Å². The maximum atomic E-state index is 11.5. The van der Waals surface area contributed by atoms with E-state index in [9.17, 15) is 4.79 Å². The van der Waals surface area contributed by atoms with Crippen LogP contribution in [0.1, 0.15) is 30.9 Å². The highest BCUT2D eigenvalue weighted by Gasteiger charge is 2.38. The van der Waals surface area contributed by atoms with Crippen molar-refractivity contribution in [2.24, 2.45) is 16.8 Å². The number of urea groups is 1. The number of rotatable bonds is 2. The minimum Gasteiger partial charge on any atom is -0.350 e. The molecular weight excluding hydrogens is 250 g/mol. The van der Waals surface area contributed by atoms with Gasteiger partial charge in [-0.15, -0.1) is 0 Å². The lowest BCUT2D eigenvalue weighted by Gasteiger charge is -2.19. The van der Waals surface area contributed by atoms with Crippen molar-refractivity contribution in [3.8, 4) is 0 Å². The second-order valence-corrected chi connectivity index (χ2v) is 5.26. The van der Waals surface area contributed by atoms with Gasteiger partial charge in [0.05, 0.1) is 6.04 Å². The van der Waals surface area contributed by atoms with Gasteiger partial charge in [0.1, 0.15) is 0 Å². The maximum absolute atomic E-state index is 11.5. The highest BCUT2D eigenvalue weighted by molar-refractivity contribution is 6.30. The number of hydrogen-bond donors (Lipinski definition) is 1. The molecule has 1 unspecified atom stereocenters. The van der Waals surface area contributed by atoms with Gasteiger partial charge in [-0.25, -0.2) is 9.80 Å². The second-order valence-electron chi connectivity index (χ2n) is 4.82. The molecule has 2 N–H and O–H groups in total. The molecule has 5 heteroatoms. The van der Waals surface area contributed by atoms with Gasteiger partial charge in [0.2, 0.25) is 0 Å². The molecule has 1 aromatic carbocycles. The van der Waals surface area contributed by atoms with E-state index in [1.165, 1.54) is 17.9 Å². The Hall–Kier alpha value is -1.55. The highest BCUT2D eigenvalue weighted by atomic mass is 35.5. The molecule has 94 valence electrons. The standard InChI is InChI=1S/C13H14ClN3O/c14-10-5-3-9(4-6-10)12-7-11(8-1-2-8)16-17(12)13(15)18/h3-6,8,12H,1-2,7H2,(H2,15,18). The summed E-state index contributed by atoms with van der Waals surface area (Å²) in [6.45, 7) is 0. The molecule has 1 saturated carbocycles. The van der Waals surface area contributed by atoms with E-state index in [-0.39, 0.29) is 6.04 Å². The van der Waals surface area contributed by atoms with Crippen LogP contribution < -0.4 is 5.73 Å². The van der Waals surface area contributed by atoms with Gasteiger partial charge in [0.15, 0.2) is 0 Å². The van der Waals surface area contributed by atoms with Crippen molar-refractivity contribution >= 4 is 23.3 Å². The van der Waals surface area contributed by atoms with Gasteiger partial charge in [0.25, 0.3) is 0 Å². The average molecular weight is 264 g/mol. The fourth-order valence-corrected chi connectivity index (χ4v) is 2.47. The van der Waals surface area contributed by atoms with Gasteiger partial charge in [-0.3, -0.25) is 0 Å². The van der Waals surface area contributed by atoms with Crippen LogP contribution in [-0.4, -0.2) is 16.8 Å². The van der Waals surface area contributed by atoms with Crippen LogP contribution in [0.25, 0.3) is 0 Å². The summed E-state index contributed by atoms with van der Waals surface area (Å²) in [5.74, 6) is 0.559. The van der Waals surface area contributed by atoms with Crippen molar-refractivity contribution in [2.45, 2.75) is 25.3 Å². The zero-order valence-electron chi connectivity index (χ0n) is 9.84. The topological polar surface area (TPSA) is 58.7 Å². The maximum Gasteiger partial charge on any atom is 0.335 e. The molecule has 0 aromatic heterocycles. The van der Waals surface area contributed by atoms with Crippen molar-refractivity contribution in [3.05, 3.63) is 34.9 Å². The zero-order valence-corrected chi connectivity index (χ0v) is 10.6. The lowest BCUT2D eigenvalue weighted by Crippen LogP contribution is -2.31. The predicted octanol–water partition coefficient (Wildman–Crippen LogP) is 2.93. The molecule has 0 spiro atoms. The molecule has 4 nitrogen and oxygen atoms in total. The number of primary amides is 1. The molecule has 18 heavy (non-hydrogen) atoms. The normalized spacial score (nSPS) is 23.1. The predicted molar refractivity (Wildman–Crippen MR) is 70.4 cm³/mol. The first-order valence-corrected chi connectivity index (χ1v) is 6.44. The summed E-state index contributed by atoms with van der Waals surface area (Å²) in [6, 6.07) is 6.93. The molecule has 1 aliphatic heterocycles. The van der Waals surface area contributed by atoms with E-state index in [0.29, 0.717) is 10.9 Å². The summed E-state index contributed by atoms with van der Waals surface area (Å²) in [5, 5.41) is 6.46. The Kier molecular flexibility index (Phi) is 2.74. The van der Waals surface area contributed by atoms with E-state index in [0.717, 1.165) is 17.7 Å². The van der Waals surface area contributed by atoms with Crippen LogP contribution in [0.4, 0.5) is 4.79 Å². The number of nitrogens with zero attached hydrogens (tertiary/aromatic N) is 2. The number of halogens is 1. The van der Waals surface area contributed by atoms with Crippen LogP contribution in [0.3, 0.4) is 0 Å². The van der Waals surface area contributed by atoms with Crippen molar-refractivity contribution in [2.75, 3.05) is 0 Å². The number of amides is 2. The Bertz CT molecular complexity index is 507. The molecule has 1 heterocycles. The van der Waals surface area contributed by atoms with Crippen LogP contribution in [0.15, 0.2) is 29.4 Å². The molecule has 1 aromatic rings. The first-order chi connectivity index (χ1) is 8.65. The van der Waals surface area contributed by atoms with Crippen LogP contribution in [0, 0.1) is 5.92 Å². The summed E-state index contributed by atoms with van der Waals surface area (Å²) in [4.78, 5) is 11.5. The minimum absolute atomic E-state index is 0.0737. The van der Waals surface area contributed by atoms with Gasteiger partial charge in [0, 0.05) is 17.2 Å². The Balaban J connectivity index is 1.87. The quantitative estimate of drug-likeness (QED) is 0.876. The van der Waals surface area contributed by atoms with E-state index >= 15 is 0 Å². The Morgan fingerprint density at radius 2 is 2.00 bits per heavy atom. The molecule has 1 atom stereocenters. The number of carbonyl (C=O) groups excluding carboxylic acids is 1. The molecule has 0 bridgehead atoms. The first-order valence-electron chi connectivity index (χ1n) is 6.06. The molecule has 0 radical (unpaired) electrons. The number of nitrogens with two attached hydrogens (primary N) is 1. The minimum atomic E-state index is -0.495. The van der Waals surface area contributed by atoms with Crippen LogP contribution in [0.2, 0.25) is 5.02 Å². The van der Waals surface area contributed by atoms with E-state index in [1.54, 1.807) is 0 Å². The number of benzene rings is 1. The highest BCUT2D eigenvalue weighted by Crippen LogP contribution is 2.40. The molecule has 1 aliphatic carbocycles. The molecule has 1 fully saturated rings. The summed E-state index contributed by atoms with van der Waals surface area (Å²) in [7, 11) is 0. The smallest absolute Gasteiger partial charge is 0.335 e. The average Bonchev–Trinajstić information content (AvgIpc) is 3.09. The van der Waals surface area contributed by atoms with Crippen LogP contribution >= 0.6 is 11.6 Å². The van der Waals surface area contributed by atoms with E-state index in [2.05, 4.69) is 5.10 Å². The fraction of sp³-hybridized carbons (Fsp3) is 0.385. The van der Waals surface area contributed by atoms with Crippen molar-refractivity contribution in [3.63, 3.8) is 0 Å². The van der Waals surface area contributed by atoms with Crippen LogP contribution in [0.5, 0.6) is 0 Å². The summed E-state index contributed by atoms with van der Waals surface area (Å²) >= 11 is 5.87. The SMILES string of the molecule is NC(=O)N1N=C(C2CC2)CC1c1ccc(Cl)cc1. The molecule has 0 saturated heterocycles. The monoisotopic (exact) mass is 263 g/mol. The van der Waals surface area contributed by atoms with E-state index in [4.69, 9.17) is 17.3 Å². The third-order valence-electron chi connectivity index (χ3n) is 3.46. The third-order valence-corrected chi connectivity index (χ3v) is 3.72. The Morgan fingerprint density at radius 1 is 1.33 bits per heavy atom. The van der Waals surface area contributed by atoms with Crippen molar-refractivity contribution < 1.29 is 4.79 Å². The number of carbonyl (C=O) groups is 1. The second kappa shape index (κ2) is 4.28. The van der Waals surface area contributed by atoms with Crippen molar-refractivity contribution in [1.29, 1.82) is 0 Å². The molecule has 2 amide bonds. The summed E-state index contributed by atoms with van der Waals surface area (Å²) in [5.41, 5.74) is 7.52. The first kappa shape index (κ1) is 11.5. The van der Waals surface area contributed by atoms with Crippen molar-refractivity contribution in [1.82, 2.24) is 5.01 Å². The molecule has 3 rings (SSSR count). The molecule has 2 aliphatic rings. The Morgan fingerprint density at radius 3 is 2.56 bits per heavy atom. The van der Waals surface area contributed by atoms with Gasteiger partial charge in [-0.1, -0.05) is 23.7 Å². The molecular formula is C13H14ClN3O. The zero-order chi connectivity index (χ0) is 12.7. The number of hydrogen-bond acceptors (Lipinski definition) is 2. The van der Waals surface area contributed by atoms with Gasteiger partial charge in [-0.2, -0.15) is 5.10 Å². The third kappa shape index (κ3) is 2.08. The lowest BCUT2D eigenvalue weighted by molar-refractivity contribution is 0.196. The van der Waals surface area contributed by atoms with Gasteiger partial charge >= 0.3 is 6.03 Å².